The summed E-state index contributed by atoms with van der Waals surface area (Å²) in [6.07, 6.45) is 8.92. The summed E-state index contributed by atoms with van der Waals surface area (Å²) in [7, 11) is 2.16. The van der Waals surface area contributed by atoms with Gasteiger partial charge in [-0.05, 0) is 13.1 Å². The van der Waals surface area contributed by atoms with Gasteiger partial charge in [-0.2, -0.15) is 4.98 Å². The van der Waals surface area contributed by atoms with Crippen LogP contribution < -0.4 is 10.1 Å². The molecule has 0 spiro atoms. The maximum Gasteiger partial charge on any atom is 0.317 e. The van der Waals surface area contributed by atoms with Crippen LogP contribution in [0.3, 0.4) is 0 Å². The molecule has 0 radical (unpaired) electrons. The molecule has 1 N–H and O–H groups in total. The highest BCUT2D eigenvalue weighted by molar-refractivity contribution is 7.18. The monoisotopic (exact) mass is 468 g/mol. The lowest BCUT2D eigenvalue weighted by Crippen LogP contribution is -2.44. The van der Waals surface area contributed by atoms with Gasteiger partial charge in [0.15, 0.2) is 10.9 Å². The summed E-state index contributed by atoms with van der Waals surface area (Å²) < 4.78 is 11.3. The number of hydrogen-bond donors (Lipinski definition) is 1. The first-order valence-electron chi connectivity index (χ1n) is 11.2. The molecule has 11 heteroatoms. The van der Waals surface area contributed by atoms with Gasteiger partial charge in [-0.3, -0.25) is 9.88 Å². The fraction of sp³-hybridized carbons (Fsp3) is 0.500. The van der Waals surface area contributed by atoms with Gasteiger partial charge in [-0.1, -0.05) is 11.3 Å². The Balaban J connectivity index is 1.18. The predicted octanol–water partition coefficient (Wildman–Crippen LogP) is 2.44. The topological polar surface area (TPSA) is 101 Å². The van der Waals surface area contributed by atoms with Gasteiger partial charge in [0.1, 0.15) is 6.10 Å². The van der Waals surface area contributed by atoms with E-state index in [2.05, 4.69) is 47.1 Å². The van der Waals surface area contributed by atoms with Crippen LogP contribution in [0.2, 0.25) is 0 Å². The molecule has 0 aromatic carbocycles. The highest BCUT2D eigenvalue weighted by Gasteiger charge is 2.18. The molecule has 0 aliphatic carbocycles. The molecule has 0 bridgehead atoms. The van der Waals surface area contributed by atoms with Crippen molar-refractivity contribution in [3.8, 4) is 16.6 Å². The van der Waals surface area contributed by atoms with Gasteiger partial charge in [0.25, 0.3) is 0 Å². The van der Waals surface area contributed by atoms with Crippen molar-refractivity contribution in [2.24, 2.45) is 0 Å². The van der Waals surface area contributed by atoms with Crippen molar-refractivity contribution >= 4 is 22.3 Å². The van der Waals surface area contributed by atoms with Gasteiger partial charge in [-0.15, -0.1) is 0 Å². The molecule has 3 aromatic rings. The van der Waals surface area contributed by atoms with E-state index in [0.717, 1.165) is 67.0 Å². The summed E-state index contributed by atoms with van der Waals surface area (Å²) in [5.41, 5.74) is 1.76. The average Bonchev–Trinajstić information content (AvgIpc) is 3.31. The second-order valence-corrected chi connectivity index (χ2v) is 9.31. The first-order valence-corrected chi connectivity index (χ1v) is 12.1. The Labute approximate surface area is 197 Å². The van der Waals surface area contributed by atoms with Crippen LogP contribution in [0.5, 0.6) is 6.01 Å². The van der Waals surface area contributed by atoms with Crippen molar-refractivity contribution in [1.29, 1.82) is 0 Å². The normalized spacial score (nSPS) is 18.3. The number of hydrogen-bond acceptors (Lipinski definition) is 11. The molecule has 2 aliphatic rings. The van der Waals surface area contributed by atoms with Crippen molar-refractivity contribution in [2.75, 3.05) is 51.8 Å². The zero-order valence-corrected chi connectivity index (χ0v) is 19.5. The fourth-order valence-electron chi connectivity index (χ4n) is 3.77. The van der Waals surface area contributed by atoms with E-state index in [-0.39, 0.29) is 6.10 Å². The minimum absolute atomic E-state index is 0.102. The lowest BCUT2D eigenvalue weighted by atomic mass is 10.2. The highest BCUT2D eigenvalue weighted by atomic mass is 32.1. The van der Waals surface area contributed by atoms with Gasteiger partial charge >= 0.3 is 6.01 Å². The van der Waals surface area contributed by atoms with E-state index in [1.165, 1.54) is 11.3 Å². The third-order valence-electron chi connectivity index (χ3n) is 5.75. The molecule has 5 heterocycles. The summed E-state index contributed by atoms with van der Waals surface area (Å²) in [6.45, 7) is 6.57. The molecule has 10 nitrogen and oxygen atoms in total. The summed E-state index contributed by atoms with van der Waals surface area (Å²) >= 11 is 1.50. The van der Waals surface area contributed by atoms with E-state index < -0.39 is 0 Å². The molecule has 0 unspecified atom stereocenters. The third kappa shape index (κ3) is 5.99. The zero-order chi connectivity index (χ0) is 22.5. The Morgan fingerprint density at radius 1 is 1.06 bits per heavy atom. The maximum absolute atomic E-state index is 5.93. The number of anilines is 2. The third-order valence-corrected chi connectivity index (χ3v) is 6.69. The lowest BCUT2D eigenvalue weighted by Gasteiger charge is -2.31. The van der Waals surface area contributed by atoms with Crippen LogP contribution >= 0.6 is 11.3 Å². The molecule has 0 amide bonds. The molecule has 2 aliphatic heterocycles. The van der Waals surface area contributed by atoms with E-state index in [1.807, 2.05) is 12.3 Å². The molecular weight excluding hydrogens is 440 g/mol. The van der Waals surface area contributed by atoms with Gasteiger partial charge in [0.2, 0.25) is 0 Å². The van der Waals surface area contributed by atoms with Crippen molar-refractivity contribution in [1.82, 2.24) is 34.7 Å². The first kappa shape index (κ1) is 22.1. The predicted molar refractivity (Wildman–Crippen MR) is 126 cm³/mol. The molecule has 33 heavy (non-hydrogen) atoms. The Morgan fingerprint density at radius 2 is 1.91 bits per heavy atom. The van der Waals surface area contributed by atoms with Crippen LogP contribution in [0.25, 0.3) is 10.6 Å². The first-order chi connectivity index (χ1) is 16.2. The van der Waals surface area contributed by atoms with E-state index in [1.54, 1.807) is 18.6 Å². The number of nitrogens with zero attached hydrogens (tertiary/aromatic N) is 7. The van der Waals surface area contributed by atoms with Crippen LogP contribution in [0.15, 0.2) is 30.9 Å². The second-order valence-electron chi connectivity index (χ2n) is 8.28. The quantitative estimate of drug-likeness (QED) is 0.556. The Kier molecular flexibility index (Phi) is 7.01. The smallest absolute Gasteiger partial charge is 0.317 e. The highest BCUT2D eigenvalue weighted by Crippen LogP contribution is 2.29. The maximum atomic E-state index is 5.93. The van der Waals surface area contributed by atoms with Crippen LogP contribution in [0.4, 0.5) is 10.9 Å². The number of rotatable bonds is 7. The van der Waals surface area contributed by atoms with E-state index >= 15 is 0 Å². The van der Waals surface area contributed by atoms with E-state index in [4.69, 9.17) is 9.47 Å². The molecule has 3 aromatic heterocycles. The molecule has 0 saturated carbocycles. The molecular formula is C22H28N8O2S. The SMILES string of the molecule is CN1CCN(Cc2cnc(Nc3ncc(-c4ccnc(OC5CCOCC5)n4)s3)cn2)CC1. The van der Waals surface area contributed by atoms with Gasteiger partial charge < -0.3 is 19.7 Å². The number of ether oxygens (including phenoxy) is 2. The number of likely N-dealkylation sites (N-methyl/N-ethyl adjacent to an activating group) is 1. The van der Waals surface area contributed by atoms with E-state index in [9.17, 15) is 0 Å². The lowest BCUT2D eigenvalue weighted by molar-refractivity contribution is 0.0217. The van der Waals surface area contributed by atoms with Crippen LogP contribution in [-0.4, -0.2) is 87.3 Å². The fourth-order valence-corrected chi connectivity index (χ4v) is 4.57. The standard InChI is InChI=1S/C22H28N8O2S/c1-29-6-8-30(9-7-29)15-16-12-25-20(14-24-16)28-22-26-13-19(33-22)18-2-5-23-21(27-18)32-17-3-10-31-11-4-17/h2,5,12-14,17H,3-4,6-11,15H2,1H3,(H,25,26,28). The van der Waals surface area contributed by atoms with Crippen molar-refractivity contribution in [3.63, 3.8) is 0 Å². The van der Waals surface area contributed by atoms with Crippen molar-refractivity contribution in [3.05, 3.63) is 36.5 Å². The molecule has 174 valence electrons. The largest absolute Gasteiger partial charge is 0.460 e. The van der Waals surface area contributed by atoms with Crippen LogP contribution in [0, 0.1) is 0 Å². The average molecular weight is 469 g/mol. The Hall–Kier alpha value is -2.73. The minimum Gasteiger partial charge on any atom is -0.460 e. The van der Waals surface area contributed by atoms with Crippen LogP contribution in [0.1, 0.15) is 18.5 Å². The van der Waals surface area contributed by atoms with E-state index in [0.29, 0.717) is 25.0 Å². The number of thiazole rings is 1. The molecule has 2 fully saturated rings. The summed E-state index contributed by atoms with van der Waals surface area (Å²) in [6, 6.07) is 2.25. The molecule has 0 atom stereocenters. The number of aromatic nitrogens is 5. The number of piperazine rings is 1. The summed E-state index contributed by atoms with van der Waals surface area (Å²) in [5.74, 6) is 0.671. The second kappa shape index (κ2) is 10.5. The Bertz CT molecular complexity index is 1030. The van der Waals surface area contributed by atoms with Gasteiger partial charge in [0, 0.05) is 58.0 Å². The minimum atomic E-state index is 0.102. The Morgan fingerprint density at radius 3 is 2.70 bits per heavy atom. The number of nitrogens with one attached hydrogen (secondary N) is 1. The van der Waals surface area contributed by atoms with Crippen molar-refractivity contribution in [2.45, 2.75) is 25.5 Å². The summed E-state index contributed by atoms with van der Waals surface area (Å²) in [5, 5.41) is 3.97. The molecule has 5 rings (SSSR count). The van der Waals surface area contributed by atoms with Crippen LogP contribution in [-0.2, 0) is 11.3 Å². The summed E-state index contributed by atoms with van der Waals surface area (Å²) in [4.78, 5) is 28.1. The van der Waals surface area contributed by atoms with Gasteiger partial charge in [-0.25, -0.2) is 15.0 Å². The molecule has 2 saturated heterocycles. The zero-order valence-electron chi connectivity index (χ0n) is 18.7. The van der Waals surface area contributed by atoms with Gasteiger partial charge in [0.05, 0.1) is 41.9 Å². The van der Waals surface area contributed by atoms with Crippen molar-refractivity contribution < 1.29 is 9.47 Å².